The van der Waals surface area contributed by atoms with Crippen molar-refractivity contribution in [2.45, 2.75) is 40.2 Å². The summed E-state index contributed by atoms with van der Waals surface area (Å²) in [6, 6.07) is -0.830. The molecule has 0 aliphatic heterocycles. The minimum atomic E-state index is -0.830. The van der Waals surface area contributed by atoms with E-state index in [1.54, 1.807) is 27.7 Å². The van der Waals surface area contributed by atoms with Gasteiger partial charge in [0.25, 0.3) is 0 Å². The monoisotopic (exact) mass is 267 g/mol. The van der Waals surface area contributed by atoms with Crippen molar-refractivity contribution in [2.24, 2.45) is 17.1 Å². The van der Waals surface area contributed by atoms with Crippen LogP contribution in [0.3, 0.4) is 0 Å². The molecule has 0 amide bonds. The fourth-order valence-electron chi connectivity index (χ4n) is 2.57. The van der Waals surface area contributed by atoms with E-state index in [1.165, 1.54) is 7.11 Å². The minimum absolute atomic E-state index is 0.0380. The number of carbonyl (C=O) groups excluding carboxylic acids is 3. The number of ether oxygens (including phenoxy) is 1. The Labute approximate surface area is 113 Å². The second kappa shape index (κ2) is 5.25. The first kappa shape index (κ1) is 15.6. The van der Waals surface area contributed by atoms with Crippen LogP contribution in [-0.2, 0) is 19.1 Å². The molecule has 1 aliphatic rings. The Morgan fingerprint density at radius 2 is 1.84 bits per heavy atom. The van der Waals surface area contributed by atoms with E-state index in [2.05, 4.69) is 4.74 Å². The van der Waals surface area contributed by atoms with Gasteiger partial charge in [-0.05, 0) is 12.5 Å². The zero-order valence-electron chi connectivity index (χ0n) is 12.1. The highest BCUT2D eigenvalue weighted by atomic mass is 16.5. The lowest BCUT2D eigenvalue weighted by atomic mass is 9.69. The second-order valence-corrected chi connectivity index (χ2v) is 5.68. The highest BCUT2D eigenvalue weighted by Gasteiger charge is 2.43. The maximum Gasteiger partial charge on any atom is 0.306 e. The van der Waals surface area contributed by atoms with Crippen molar-refractivity contribution in [3.63, 3.8) is 0 Å². The second-order valence-electron chi connectivity index (χ2n) is 5.68. The Balaban J connectivity index is 3.26. The molecule has 0 heterocycles. The maximum atomic E-state index is 12.3. The number of Topliss-reactive ketones (excluding diaryl/α,β-unsaturated/α-hetero) is 2. The van der Waals surface area contributed by atoms with Gasteiger partial charge in [0.2, 0.25) is 0 Å². The molecule has 19 heavy (non-hydrogen) atoms. The predicted molar refractivity (Wildman–Crippen MR) is 70.3 cm³/mol. The van der Waals surface area contributed by atoms with E-state index in [1.807, 2.05) is 0 Å². The van der Waals surface area contributed by atoms with Gasteiger partial charge in [-0.2, -0.15) is 0 Å². The number of rotatable bonds is 3. The summed E-state index contributed by atoms with van der Waals surface area (Å²) in [4.78, 5) is 35.8. The normalized spacial score (nSPS) is 24.7. The molecule has 0 aromatic carbocycles. The van der Waals surface area contributed by atoms with Crippen LogP contribution in [0.1, 0.15) is 34.1 Å². The fraction of sp³-hybridized carbons (Fsp3) is 0.643. The Morgan fingerprint density at radius 1 is 1.32 bits per heavy atom. The summed E-state index contributed by atoms with van der Waals surface area (Å²) in [6.07, 6.45) is 0.0380. The molecule has 5 heteroatoms. The van der Waals surface area contributed by atoms with Crippen molar-refractivity contribution in [2.75, 3.05) is 7.11 Å². The SMILES string of the molecule is COC(=O)CC(C)(C)C1=C(C)C(=O)C(C)C(N)C1=O. The summed E-state index contributed by atoms with van der Waals surface area (Å²) in [7, 11) is 1.29. The van der Waals surface area contributed by atoms with Crippen LogP contribution < -0.4 is 5.73 Å². The molecule has 2 atom stereocenters. The van der Waals surface area contributed by atoms with Gasteiger partial charge in [-0.15, -0.1) is 0 Å². The van der Waals surface area contributed by atoms with Crippen molar-refractivity contribution in [1.29, 1.82) is 0 Å². The summed E-state index contributed by atoms with van der Waals surface area (Å²) in [5.41, 5.74) is 5.81. The standard InChI is InChI=1S/C14H21NO4/c1-7-10(14(3,4)6-9(16)19-5)13(18)11(15)8(2)12(7)17/h8,11H,6,15H2,1-5H3. The van der Waals surface area contributed by atoms with Crippen LogP contribution in [0.5, 0.6) is 0 Å². The largest absolute Gasteiger partial charge is 0.469 e. The van der Waals surface area contributed by atoms with E-state index in [0.29, 0.717) is 11.1 Å². The number of esters is 1. The molecule has 1 aliphatic carbocycles. The lowest BCUT2D eigenvalue weighted by Crippen LogP contribution is -2.48. The molecule has 0 bridgehead atoms. The molecule has 0 aromatic heterocycles. The highest BCUT2D eigenvalue weighted by Crippen LogP contribution is 2.38. The summed E-state index contributed by atoms with van der Waals surface area (Å²) >= 11 is 0. The fourth-order valence-corrected chi connectivity index (χ4v) is 2.57. The van der Waals surface area contributed by atoms with Gasteiger partial charge in [0.15, 0.2) is 11.6 Å². The first-order valence-corrected chi connectivity index (χ1v) is 6.25. The molecule has 2 N–H and O–H groups in total. The van der Waals surface area contributed by atoms with Crippen LogP contribution in [0.15, 0.2) is 11.1 Å². The van der Waals surface area contributed by atoms with Gasteiger partial charge >= 0.3 is 5.97 Å². The smallest absolute Gasteiger partial charge is 0.306 e. The number of hydrogen-bond donors (Lipinski definition) is 1. The number of carbonyl (C=O) groups is 3. The maximum absolute atomic E-state index is 12.3. The average Bonchev–Trinajstić information content (AvgIpc) is 2.33. The van der Waals surface area contributed by atoms with E-state index in [0.717, 1.165) is 0 Å². The Kier molecular flexibility index (Phi) is 4.30. The van der Waals surface area contributed by atoms with Gasteiger partial charge in [0.05, 0.1) is 19.6 Å². The van der Waals surface area contributed by atoms with E-state index in [-0.39, 0.29) is 18.0 Å². The number of nitrogens with two attached hydrogens (primary N) is 1. The van der Waals surface area contributed by atoms with Crippen LogP contribution in [0.25, 0.3) is 0 Å². The van der Waals surface area contributed by atoms with E-state index < -0.39 is 23.3 Å². The Hall–Kier alpha value is -1.49. The molecule has 5 nitrogen and oxygen atoms in total. The van der Waals surface area contributed by atoms with Gasteiger partial charge in [0, 0.05) is 16.9 Å². The first-order chi connectivity index (χ1) is 8.63. The van der Waals surface area contributed by atoms with Gasteiger partial charge in [-0.25, -0.2) is 0 Å². The molecule has 0 saturated carbocycles. The molecule has 106 valence electrons. The van der Waals surface area contributed by atoms with Crippen LogP contribution in [0.4, 0.5) is 0 Å². The molecule has 1 rings (SSSR count). The molecule has 0 fully saturated rings. The zero-order valence-corrected chi connectivity index (χ0v) is 12.1. The van der Waals surface area contributed by atoms with Crippen LogP contribution in [0.2, 0.25) is 0 Å². The molecular formula is C14H21NO4. The van der Waals surface area contributed by atoms with Gasteiger partial charge < -0.3 is 10.5 Å². The lowest BCUT2D eigenvalue weighted by Gasteiger charge is -2.34. The number of methoxy groups -OCH3 is 1. The summed E-state index contributed by atoms with van der Waals surface area (Å²) in [5.74, 6) is -1.30. The lowest BCUT2D eigenvalue weighted by molar-refractivity contribution is -0.142. The Morgan fingerprint density at radius 3 is 2.32 bits per heavy atom. The number of allylic oxidation sites excluding steroid dienone is 1. The third kappa shape index (κ3) is 2.76. The summed E-state index contributed by atoms with van der Waals surface area (Å²) < 4.78 is 4.63. The van der Waals surface area contributed by atoms with E-state index >= 15 is 0 Å². The van der Waals surface area contributed by atoms with Crippen molar-refractivity contribution >= 4 is 17.5 Å². The molecule has 0 radical (unpaired) electrons. The van der Waals surface area contributed by atoms with E-state index in [9.17, 15) is 14.4 Å². The van der Waals surface area contributed by atoms with Crippen LogP contribution >= 0.6 is 0 Å². The van der Waals surface area contributed by atoms with Crippen molar-refractivity contribution in [3.05, 3.63) is 11.1 Å². The van der Waals surface area contributed by atoms with Crippen molar-refractivity contribution in [1.82, 2.24) is 0 Å². The predicted octanol–water partition coefficient (Wildman–Crippen LogP) is 1.01. The molecule has 0 aromatic rings. The minimum Gasteiger partial charge on any atom is -0.469 e. The molecule has 0 spiro atoms. The number of hydrogen-bond acceptors (Lipinski definition) is 5. The van der Waals surface area contributed by atoms with Crippen molar-refractivity contribution < 1.29 is 19.1 Å². The molecule has 2 unspecified atom stereocenters. The van der Waals surface area contributed by atoms with E-state index in [4.69, 9.17) is 5.73 Å². The van der Waals surface area contributed by atoms with Crippen molar-refractivity contribution in [3.8, 4) is 0 Å². The topological polar surface area (TPSA) is 86.5 Å². The summed E-state index contributed by atoms with van der Waals surface area (Å²) in [5, 5.41) is 0. The first-order valence-electron chi connectivity index (χ1n) is 6.25. The average molecular weight is 267 g/mol. The van der Waals surface area contributed by atoms with Gasteiger partial charge in [-0.3, -0.25) is 14.4 Å². The molecular weight excluding hydrogens is 246 g/mol. The highest BCUT2D eigenvalue weighted by molar-refractivity contribution is 6.15. The van der Waals surface area contributed by atoms with Crippen LogP contribution in [-0.4, -0.2) is 30.7 Å². The zero-order chi connectivity index (χ0) is 15.0. The van der Waals surface area contributed by atoms with Gasteiger partial charge in [-0.1, -0.05) is 20.8 Å². The quantitative estimate of drug-likeness (QED) is 0.771. The number of ketones is 2. The molecule has 0 saturated heterocycles. The van der Waals surface area contributed by atoms with Crippen LogP contribution in [0, 0.1) is 11.3 Å². The van der Waals surface area contributed by atoms with Gasteiger partial charge in [0.1, 0.15) is 0 Å². The Bertz CT molecular complexity index is 462. The summed E-state index contributed by atoms with van der Waals surface area (Å²) in [6.45, 7) is 6.77. The third-order valence-electron chi connectivity index (χ3n) is 3.74. The third-order valence-corrected chi connectivity index (χ3v) is 3.74.